The summed E-state index contributed by atoms with van der Waals surface area (Å²) in [4.78, 5) is 20.9. The Bertz CT molecular complexity index is 892. The maximum absolute atomic E-state index is 12.4. The fourth-order valence-corrected chi connectivity index (χ4v) is 2.62. The molecule has 1 amide bonds. The molecule has 2 N–H and O–H groups in total. The van der Waals surface area contributed by atoms with E-state index in [9.17, 15) is 4.79 Å². The number of nitrogens with one attached hydrogen (secondary N) is 2. The van der Waals surface area contributed by atoms with Gasteiger partial charge < -0.3 is 10.6 Å². The predicted octanol–water partition coefficient (Wildman–Crippen LogP) is 4.52. The van der Waals surface area contributed by atoms with Crippen molar-refractivity contribution in [3.8, 4) is 0 Å². The minimum atomic E-state index is -0.270. The summed E-state index contributed by atoms with van der Waals surface area (Å²) in [5, 5.41) is 6.18. The Hall–Kier alpha value is -3.21. The second kappa shape index (κ2) is 7.78. The Labute approximate surface area is 153 Å². The standard InChI is InChI=1S/C21H22N4O/c1-14-9-10-15(2)18(11-14)25-21(26)19-12-23-20(13-22-19)24-16(3)17-7-5-4-6-8-17/h4-13,16H,1-3H3,(H,23,24)(H,25,26). The van der Waals surface area contributed by atoms with Crippen LogP contribution in [0.5, 0.6) is 0 Å². The number of amides is 1. The first kappa shape index (κ1) is 17.6. The summed E-state index contributed by atoms with van der Waals surface area (Å²) in [5.41, 5.74) is 4.32. The van der Waals surface area contributed by atoms with Crippen LogP contribution in [-0.2, 0) is 0 Å². The number of nitrogens with zero attached hydrogens (tertiary/aromatic N) is 2. The van der Waals surface area contributed by atoms with Crippen molar-refractivity contribution < 1.29 is 4.79 Å². The van der Waals surface area contributed by atoms with Crippen LogP contribution >= 0.6 is 0 Å². The van der Waals surface area contributed by atoms with Crippen LogP contribution in [0.2, 0.25) is 0 Å². The normalized spacial score (nSPS) is 11.7. The molecule has 0 spiro atoms. The molecule has 1 heterocycles. The van der Waals surface area contributed by atoms with E-state index in [4.69, 9.17) is 0 Å². The van der Waals surface area contributed by atoms with Gasteiger partial charge in [-0.25, -0.2) is 9.97 Å². The molecule has 0 aliphatic carbocycles. The zero-order valence-electron chi connectivity index (χ0n) is 15.2. The molecule has 0 fully saturated rings. The molecular weight excluding hydrogens is 324 g/mol. The van der Waals surface area contributed by atoms with Gasteiger partial charge in [-0.2, -0.15) is 0 Å². The topological polar surface area (TPSA) is 66.9 Å². The summed E-state index contributed by atoms with van der Waals surface area (Å²) in [5.74, 6) is 0.360. The monoisotopic (exact) mass is 346 g/mol. The molecule has 0 saturated heterocycles. The zero-order valence-corrected chi connectivity index (χ0v) is 15.2. The molecule has 3 aromatic rings. The molecule has 2 aromatic carbocycles. The van der Waals surface area contributed by atoms with Gasteiger partial charge in [-0.1, -0.05) is 42.5 Å². The van der Waals surface area contributed by atoms with Gasteiger partial charge in [-0.3, -0.25) is 4.79 Å². The molecule has 0 aliphatic rings. The van der Waals surface area contributed by atoms with Crippen LogP contribution in [0, 0.1) is 13.8 Å². The molecule has 5 nitrogen and oxygen atoms in total. The molecule has 0 aliphatic heterocycles. The Morgan fingerprint density at radius 2 is 1.77 bits per heavy atom. The zero-order chi connectivity index (χ0) is 18.5. The number of benzene rings is 2. The molecule has 5 heteroatoms. The van der Waals surface area contributed by atoms with Crippen molar-refractivity contribution in [3.05, 3.63) is 83.3 Å². The summed E-state index contributed by atoms with van der Waals surface area (Å²) in [7, 11) is 0. The minimum Gasteiger partial charge on any atom is -0.362 e. The van der Waals surface area contributed by atoms with Crippen LogP contribution in [0.4, 0.5) is 11.5 Å². The van der Waals surface area contributed by atoms with E-state index in [1.54, 1.807) is 6.20 Å². The molecule has 0 radical (unpaired) electrons. The van der Waals surface area contributed by atoms with Gasteiger partial charge in [-0.15, -0.1) is 0 Å². The molecule has 26 heavy (non-hydrogen) atoms. The number of hydrogen-bond donors (Lipinski definition) is 2. The van der Waals surface area contributed by atoms with Crippen molar-refractivity contribution in [3.63, 3.8) is 0 Å². The minimum absolute atomic E-state index is 0.0973. The highest BCUT2D eigenvalue weighted by Crippen LogP contribution is 2.18. The third kappa shape index (κ3) is 4.25. The Balaban J connectivity index is 1.67. The largest absolute Gasteiger partial charge is 0.362 e. The van der Waals surface area contributed by atoms with Gasteiger partial charge >= 0.3 is 0 Å². The van der Waals surface area contributed by atoms with Crippen molar-refractivity contribution in [2.75, 3.05) is 10.6 Å². The summed E-state index contributed by atoms with van der Waals surface area (Å²) < 4.78 is 0. The Morgan fingerprint density at radius 1 is 1.00 bits per heavy atom. The van der Waals surface area contributed by atoms with E-state index < -0.39 is 0 Å². The molecule has 3 rings (SSSR count). The van der Waals surface area contributed by atoms with Crippen LogP contribution in [0.25, 0.3) is 0 Å². The smallest absolute Gasteiger partial charge is 0.275 e. The number of carbonyl (C=O) groups excluding carboxylic acids is 1. The SMILES string of the molecule is Cc1ccc(C)c(NC(=O)c2cnc(NC(C)c3ccccc3)cn2)c1. The van der Waals surface area contributed by atoms with E-state index in [1.165, 1.54) is 6.20 Å². The van der Waals surface area contributed by atoms with E-state index in [2.05, 4.69) is 39.7 Å². The van der Waals surface area contributed by atoms with Crippen LogP contribution in [-0.4, -0.2) is 15.9 Å². The van der Waals surface area contributed by atoms with Gasteiger partial charge in [0.2, 0.25) is 0 Å². The second-order valence-corrected chi connectivity index (χ2v) is 6.34. The first-order valence-corrected chi connectivity index (χ1v) is 8.55. The summed E-state index contributed by atoms with van der Waals surface area (Å²) in [6, 6.07) is 16.1. The van der Waals surface area contributed by atoms with Crippen molar-refractivity contribution in [1.29, 1.82) is 0 Å². The molecular formula is C21H22N4O. The third-order valence-corrected chi connectivity index (χ3v) is 4.19. The lowest BCUT2D eigenvalue weighted by atomic mass is 10.1. The molecule has 0 bridgehead atoms. The summed E-state index contributed by atoms with van der Waals surface area (Å²) >= 11 is 0. The van der Waals surface area contributed by atoms with E-state index in [0.29, 0.717) is 5.82 Å². The highest BCUT2D eigenvalue weighted by atomic mass is 16.1. The number of hydrogen-bond acceptors (Lipinski definition) is 4. The third-order valence-electron chi connectivity index (χ3n) is 4.19. The lowest BCUT2D eigenvalue weighted by molar-refractivity contribution is 0.102. The van der Waals surface area contributed by atoms with E-state index in [1.807, 2.05) is 50.2 Å². The maximum atomic E-state index is 12.4. The maximum Gasteiger partial charge on any atom is 0.275 e. The highest BCUT2D eigenvalue weighted by molar-refractivity contribution is 6.03. The number of aromatic nitrogens is 2. The van der Waals surface area contributed by atoms with Gasteiger partial charge in [0.1, 0.15) is 11.5 Å². The van der Waals surface area contributed by atoms with Crippen molar-refractivity contribution in [2.24, 2.45) is 0 Å². The van der Waals surface area contributed by atoms with E-state index in [0.717, 1.165) is 22.4 Å². The van der Waals surface area contributed by atoms with Gasteiger partial charge in [0, 0.05) is 11.7 Å². The quantitative estimate of drug-likeness (QED) is 0.713. The lowest BCUT2D eigenvalue weighted by Crippen LogP contribution is -2.15. The first-order valence-electron chi connectivity index (χ1n) is 8.55. The van der Waals surface area contributed by atoms with Gasteiger partial charge in [0.15, 0.2) is 0 Å². The first-order chi connectivity index (χ1) is 12.5. The fourth-order valence-electron chi connectivity index (χ4n) is 2.62. The molecule has 1 aromatic heterocycles. The molecule has 1 atom stereocenters. The number of rotatable bonds is 5. The second-order valence-electron chi connectivity index (χ2n) is 6.34. The average Bonchev–Trinajstić information content (AvgIpc) is 2.66. The Morgan fingerprint density at radius 3 is 2.46 bits per heavy atom. The van der Waals surface area contributed by atoms with Gasteiger partial charge in [0.25, 0.3) is 5.91 Å². The number of anilines is 2. The van der Waals surface area contributed by atoms with Crippen LogP contribution in [0.3, 0.4) is 0 Å². The van der Waals surface area contributed by atoms with Gasteiger partial charge in [-0.05, 0) is 43.5 Å². The highest BCUT2D eigenvalue weighted by Gasteiger charge is 2.11. The van der Waals surface area contributed by atoms with E-state index >= 15 is 0 Å². The van der Waals surface area contributed by atoms with Crippen LogP contribution < -0.4 is 10.6 Å². The number of carbonyl (C=O) groups is 1. The van der Waals surface area contributed by atoms with Crippen molar-refractivity contribution in [2.45, 2.75) is 26.8 Å². The average molecular weight is 346 g/mol. The van der Waals surface area contributed by atoms with Crippen LogP contribution in [0.1, 0.15) is 40.1 Å². The molecule has 132 valence electrons. The predicted molar refractivity (Wildman–Crippen MR) is 104 cm³/mol. The van der Waals surface area contributed by atoms with Gasteiger partial charge in [0.05, 0.1) is 12.4 Å². The van der Waals surface area contributed by atoms with E-state index in [-0.39, 0.29) is 17.6 Å². The lowest BCUT2D eigenvalue weighted by Gasteiger charge is -2.14. The van der Waals surface area contributed by atoms with Crippen molar-refractivity contribution >= 4 is 17.4 Å². The van der Waals surface area contributed by atoms with Crippen molar-refractivity contribution in [1.82, 2.24) is 9.97 Å². The Kier molecular flexibility index (Phi) is 5.27. The summed E-state index contributed by atoms with van der Waals surface area (Å²) in [6.07, 6.45) is 3.07. The number of aryl methyl sites for hydroxylation is 2. The van der Waals surface area contributed by atoms with Crippen LogP contribution in [0.15, 0.2) is 60.9 Å². The molecule has 1 unspecified atom stereocenters. The molecule has 0 saturated carbocycles. The fraction of sp³-hybridized carbons (Fsp3) is 0.190. The summed E-state index contributed by atoms with van der Waals surface area (Å²) in [6.45, 7) is 6.00.